The summed E-state index contributed by atoms with van der Waals surface area (Å²) in [5.41, 5.74) is 8.13. The molecule has 1 atom stereocenters. The van der Waals surface area contributed by atoms with Crippen LogP contribution < -0.4 is 10.1 Å². The van der Waals surface area contributed by atoms with Crippen LogP contribution in [0.2, 0.25) is 0 Å². The van der Waals surface area contributed by atoms with Gasteiger partial charge in [-0.1, -0.05) is 36.4 Å². The van der Waals surface area contributed by atoms with Crippen LogP contribution in [0.25, 0.3) is 16.7 Å². The van der Waals surface area contributed by atoms with E-state index in [9.17, 15) is 0 Å². The Morgan fingerprint density at radius 1 is 0.931 bits per heavy atom. The lowest BCUT2D eigenvalue weighted by Crippen LogP contribution is -2.19. The number of hydrogen-bond donors (Lipinski definition) is 1. The molecule has 4 nitrogen and oxygen atoms in total. The smallest absolute Gasteiger partial charge is 0.209 e. The number of aryl methyl sites for hydroxylation is 2. The van der Waals surface area contributed by atoms with Gasteiger partial charge < -0.3 is 10.1 Å². The lowest BCUT2D eigenvalue weighted by atomic mass is 9.99. The minimum absolute atomic E-state index is 0.0427. The van der Waals surface area contributed by atoms with Gasteiger partial charge in [-0.25, -0.2) is 4.98 Å². The molecule has 0 saturated carbocycles. The van der Waals surface area contributed by atoms with E-state index in [2.05, 4.69) is 78.3 Å². The Morgan fingerprint density at radius 2 is 1.72 bits per heavy atom. The molecule has 2 heterocycles. The summed E-state index contributed by atoms with van der Waals surface area (Å²) in [6.07, 6.45) is 2.28. The summed E-state index contributed by atoms with van der Waals surface area (Å²) in [5, 5.41) is 3.56. The molecule has 0 aliphatic carbocycles. The predicted octanol–water partition coefficient (Wildman–Crippen LogP) is 5.72. The van der Waals surface area contributed by atoms with Gasteiger partial charge in [-0.05, 0) is 72.5 Å². The van der Waals surface area contributed by atoms with Crippen molar-refractivity contribution in [2.45, 2.75) is 19.9 Å². The number of fused-ring (bicyclic) bond motifs is 3. The van der Waals surface area contributed by atoms with Crippen molar-refractivity contribution in [3.05, 3.63) is 95.1 Å². The van der Waals surface area contributed by atoms with Crippen molar-refractivity contribution in [1.82, 2.24) is 9.55 Å². The molecule has 1 aliphatic rings. The first-order chi connectivity index (χ1) is 14.1. The molecule has 5 rings (SSSR count). The summed E-state index contributed by atoms with van der Waals surface area (Å²) < 4.78 is 7.61. The monoisotopic (exact) mass is 381 g/mol. The van der Waals surface area contributed by atoms with E-state index in [1.165, 1.54) is 22.3 Å². The maximum Gasteiger partial charge on any atom is 0.209 e. The van der Waals surface area contributed by atoms with Crippen molar-refractivity contribution in [1.29, 1.82) is 0 Å². The molecule has 0 saturated heterocycles. The first-order valence-electron chi connectivity index (χ1n) is 9.81. The molecule has 4 heteroatoms. The fourth-order valence-corrected chi connectivity index (χ4v) is 3.93. The fraction of sp³-hybridized carbons (Fsp3) is 0.160. The van der Waals surface area contributed by atoms with Gasteiger partial charge in [-0.3, -0.25) is 4.57 Å². The standard InChI is InChI=1S/C25H23N3O/c1-16-8-9-19(14-17(16)2)22-15-24(18-10-12-20(29-3)13-11-18)28-23-7-5-4-6-21(23)26-25(28)27-22/h4-15,24H,1-3H3,(H,26,27). The number of nitrogens with zero attached hydrogens (tertiary/aromatic N) is 2. The third kappa shape index (κ3) is 2.97. The number of hydrogen-bond acceptors (Lipinski definition) is 3. The van der Waals surface area contributed by atoms with Gasteiger partial charge in [0.1, 0.15) is 5.75 Å². The van der Waals surface area contributed by atoms with Crippen LogP contribution in [0.4, 0.5) is 5.95 Å². The van der Waals surface area contributed by atoms with E-state index in [-0.39, 0.29) is 6.04 Å². The van der Waals surface area contributed by atoms with Gasteiger partial charge in [0.05, 0.1) is 24.2 Å². The average Bonchev–Trinajstić information content (AvgIpc) is 3.13. The maximum absolute atomic E-state index is 5.35. The zero-order valence-electron chi connectivity index (χ0n) is 16.8. The van der Waals surface area contributed by atoms with Gasteiger partial charge in [0.25, 0.3) is 0 Å². The molecule has 0 spiro atoms. The minimum Gasteiger partial charge on any atom is -0.497 e. The molecule has 4 aromatic rings. The zero-order valence-corrected chi connectivity index (χ0v) is 16.8. The van der Waals surface area contributed by atoms with Gasteiger partial charge in [-0.2, -0.15) is 0 Å². The Bertz CT molecular complexity index is 1230. The van der Waals surface area contributed by atoms with E-state index < -0.39 is 0 Å². The van der Waals surface area contributed by atoms with E-state index in [0.29, 0.717) is 0 Å². The van der Waals surface area contributed by atoms with Crippen LogP contribution in [-0.4, -0.2) is 16.7 Å². The lowest BCUT2D eigenvalue weighted by Gasteiger charge is -2.27. The molecule has 0 bridgehead atoms. The first kappa shape index (κ1) is 17.6. The summed E-state index contributed by atoms with van der Waals surface area (Å²) in [7, 11) is 1.69. The first-order valence-corrected chi connectivity index (χ1v) is 9.81. The van der Waals surface area contributed by atoms with E-state index in [0.717, 1.165) is 28.4 Å². The predicted molar refractivity (Wildman–Crippen MR) is 118 cm³/mol. The minimum atomic E-state index is 0.0427. The van der Waals surface area contributed by atoms with Gasteiger partial charge in [0.2, 0.25) is 5.95 Å². The number of methoxy groups -OCH3 is 1. The number of nitrogens with one attached hydrogen (secondary N) is 1. The number of benzene rings is 3. The van der Waals surface area contributed by atoms with Gasteiger partial charge >= 0.3 is 0 Å². The molecule has 0 fully saturated rings. The Kier molecular flexibility index (Phi) is 4.13. The molecule has 1 N–H and O–H groups in total. The SMILES string of the molecule is COc1ccc(C2C=C(c3ccc(C)c(C)c3)Nc3nc4ccccc4n32)cc1. The van der Waals surface area contributed by atoms with Crippen LogP contribution >= 0.6 is 0 Å². The summed E-state index contributed by atoms with van der Waals surface area (Å²) >= 11 is 0. The number of ether oxygens (including phenoxy) is 1. The molecule has 3 aromatic carbocycles. The Hall–Kier alpha value is -3.53. The second kappa shape index (κ2) is 6.82. The van der Waals surface area contributed by atoms with Crippen LogP contribution in [0.5, 0.6) is 5.75 Å². The number of anilines is 1. The highest BCUT2D eigenvalue weighted by Crippen LogP contribution is 2.37. The quantitative estimate of drug-likeness (QED) is 0.493. The molecular weight excluding hydrogens is 358 g/mol. The number of aromatic nitrogens is 2. The number of imidazole rings is 1. The van der Waals surface area contributed by atoms with Gasteiger partial charge in [-0.15, -0.1) is 0 Å². The lowest BCUT2D eigenvalue weighted by molar-refractivity contribution is 0.414. The molecule has 0 amide bonds. The van der Waals surface area contributed by atoms with E-state index in [1.807, 2.05) is 18.2 Å². The third-order valence-electron chi connectivity index (χ3n) is 5.72. The van der Waals surface area contributed by atoms with E-state index in [1.54, 1.807) is 7.11 Å². The van der Waals surface area contributed by atoms with Crippen molar-refractivity contribution in [2.75, 3.05) is 12.4 Å². The summed E-state index contributed by atoms with van der Waals surface area (Å²) in [6.45, 7) is 4.29. The third-order valence-corrected chi connectivity index (χ3v) is 5.72. The van der Waals surface area contributed by atoms with Crippen molar-refractivity contribution < 1.29 is 4.74 Å². The second-order valence-corrected chi connectivity index (χ2v) is 7.52. The normalized spacial score (nSPS) is 15.6. The summed E-state index contributed by atoms with van der Waals surface area (Å²) in [5.74, 6) is 1.72. The summed E-state index contributed by atoms with van der Waals surface area (Å²) in [6, 6.07) is 23.2. The fourth-order valence-electron chi connectivity index (χ4n) is 3.93. The van der Waals surface area contributed by atoms with Gasteiger partial charge in [0, 0.05) is 5.70 Å². The van der Waals surface area contributed by atoms with E-state index in [4.69, 9.17) is 9.72 Å². The number of allylic oxidation sites excluding steroid dienone is 1. The van der Waals surface area contributed by atoms with Gasteiger partial charge in [0.15, 0.2) is 0 Å². The Labute approximate surface area is 170 Å². The average molecular weight is 381 g/mol. The van der Waals surface area contributed by atoms with Crippen molar-refractivity contribution in [3.8, 4) is 5.75 Å². The van der Waals surface area contributed by atoms with Crippen LogP contribution in [-0.2, 0) is 0 Å². The van der Waals surface area contributed by atoms with Crippen LogP contribution in [0.15, 0.2) is 72.8 Å². The van der Waals surface area contributed by atoms with Crippen LogP contribution in [0, 0.1) is 13.8 Å². The van der Waals surface area contributed by atoms with Crippen LogP contribution in [0.3, 0.4) is 0 Å². The molecular formula is C25H23N3O. The molecule has 1 aromatic heterocycles. The molecule has 0 radical (unpaired) electrons. The molecule has 1 aliphatic heterocycles. The highest BCUT2D eigenvalue weighted by Gasteiger charge is 2.25. The summed E-state index contributed by atoms with van der Waals surface area (Å²) in [4.78, 5) is 4.86. The maximum atomic E-state index is 5.35. The Balaban J connectivity index is 1.69. The second-order valence-electron chi connectivity index (χ2n) is 7.52. The molecule has 144 valence electrons. The topological polar surface area (TPSA) is 39.1 Å². The van der Waals surface area contributed by atoms with Crippen molar-refractivity contribution in [2.24, 2.45) is 0 Å². The zero-order chi connectivity index (χ0) is 20.0. The molecule has 29 heavy (non-hydrogen) atoms. The van der Waals surface area contributed by atoms with Crippen molar-refractivity contribution in [3.63, 3.8) is 0 Å². The number of para-hydroxylation sites is 2. The highest BCUT2D eigenvalue weighted by molar-refractivity contribution is 5.85. The highest BCUT2D eigenvalue weighted by atomic mass is 16.5. The largest absolute Gasteiger partial charge is 0.497 e. The van der Waals surface area contributed by atoms with Crippen LogP contribution in [0.1, 0.15) is 28.3 Å². The van der Waals surface area contributed by atoms with E-state index >= 15 is 0 Å². The van der Waals surface area contributed by atoms with Crippen molar-refractivity contribution >= 4 is 22.7 Å². The Morgan fingerprint density at radius 3 is 2.48 bits per heavy atom. The number of rotatable bonds is 3. The molecule has 1 unspecified atom stereocenters.